The lowest BCUT2D eigenvalue weighted by Crippen LogP contribution is -2.04. The molecule has 2 aromatic carbocycles. The zero-order valence-corrected chi connectivity index (χ0v) is 13.0. The van der Waals surface area contributed by atoms with Gasteiger partial charge < -0.3 is 5.11 Å². The van der Waals surface area contributed by atoms with Crippen molar-refractivity contribution in [3.63, 3.8) is 0 Å². The summed E-state index contributed by atoms with van der Waals surface area (Å²) in [5, 5.41) is 10.2. The third kappa shape index (κ3) is 3.59. The fourth-order valence-electron chi connectivity index (χ4n) is 1.91. The number of hydrogen-bond acceptors (Lipinski definition) is 1. The molecule has 1 unspecified atom stereocenters. The van der Waals surface area contributed by atoms with E-state index in [0.717, 1.165) is 16.2 Å². The van der Waals surface area contributed by atoms with Crippen molar-refractivity contribution in [3.05, 3.63) is 64.1 Å². The Balaban J connectivity index is 2.14. The minimum Gasteiger partial charge on any atom is -0.508 e. The summed E-state index contributed by atoms with van der Waals surface area (Å²) in [4.78, 5) is 0. The van der Waals surface area contributed by atoms with Gasteiger partial charge in [0.2, 0.25) is 0 Å². The molecule has 0 spiro atoms. The van der Waals surface area contributed by atoms with Crippen molar-refractivity contribution in [1.82, 2.24) is 0 Å². The van der Waals surface area contributed by atoms with Crippen LogP contribution in [0.4, 0.5) is 0 Å². The Morgan fingerprint density at radius 1 is 0.944 bits per heavy atom. The van der Waals surface area contributed by atoms with Crippen LogP contribution < -0.4 is 0 Å². The normalized spacial score (nSPS) is 12.3. The van der Waals surface area contributed by atoms with E-state index in [1.807, 2.05) is 12.1 Å². The van der Waals surface area contributed by atoms with Crippen molar-refractivity contribution in [2.24, 2.45) is 0 Å². The van der Waals surface area contributed by atoms with Gasteiger partial charge in [0, 0.05) is 9.80 Å². The molecular weight excluding hydrogens is 356 g/mol. The van der Waals surface area contributed by atoms with Gasteiger partial charge in [0.1, 0.15) is 5.75 Å². The second-order valence-corrected chi connectivity index (χ2v) is 5.84. The van der Waals surface area contributed by atoms with Gasteiger partial charge in [-0.1, -0.05) is 56.1 Å². The quantitative estimate of drug-likeness (QED) is 0.761. The van der Waals surface area contributed by atoms with Crippen LogP contribution in [-0.2, 0) is 6.42 Å². The van der Waals surface area contributed by atoms with Gasteiger partial charge in [0.05, 0.1) is 0 Å². The Hall–Kier alpha value is -0.800. The SMILES string of the molecule is Oc1ccc(CC(CBr)c2ccc(Br)cc2)cc1. The number of halogens is 2. The van der Waals surface area contributed by atoms with E-state index in [0.29, 0.717) is 11.7 Å². The van der Waals surface area contributed by atoms with Crippen LogP contribution in [0.25, 0.3) is 0 Å². The highest BCUT2D eigenvalue weighted by Gasteiger charge is 2.11. The summed E-state index contributed by atoms with van der Waals surface area (Å²) >= 11 is 7.03. The first kappa shape index (κ1) is 13.6. The maximum Gasteiger partial charge on any atom is 0.115 e. The highest BCUT2D eigenvalue weighted by molar-refractivity contribution is 9.10. The molecule has 0 radical (unpaired) electrons. The molecule has 0 saturated carbocycles. The van der Waals surface area contributed by atoms with Gasteiger partial charge in [-0.15, -0.1) is 0 Å². The van der Waals surface area contributed by atoms with E-state index in [4.69, 9.17) is 0 Å². The van der Waals surface area contributed by atoms with Gasteiger partial charge in [-0.05, 0) is 47.7 Å². The average Bonchev–Trinajstić information content (AvgIpc) is 2.39. The summed E-state index contributed by atoms with van der Waals surface area (Å²) in [7, 11) is 0. The van der Waals surface area contributed by atoms with Crippen LogP contribution in [0.3, 0.4) is 0 Å². The minimum atomic E-state index is 0.317. The van der Waals surface area contributed by atoms with E-state index in [2.05, 4.69) is 56.1 Å². The van der Waals surface area contributed by atoms with E-state index in [1.54, 1.807) is 12.1 Å². The second kappa shape index (κ2) is 6.39. The van der Waals surface area contributed by atoms with Crippen LogP contribution in [0.2, 0.25) is 0 Å². The van der Waals surface area contributed by atoms with Crippen molar-refractivity contribution in [3.8, 4) is 5.75 Å². The molecular formula is C15H14Br2O. The molecule has 2 aromatic rings. The third-order valence-electron chi connectivity index (χ3n) is 2.95. The maximum atomic E-state index is 9.28. The molecule has 0 heterocycles. The Morgan fingerprint density at radius 2 is 1.56 bits per heavy atom. The number of hydrogen-bond donors (Lipinski definition) is 1. The van der Waals surface area contributed by atoms with Gasteiger partial charge in [-0.3, -0.25) is 0 Å². The van der Waals surface area contributed by atoms with Gasteiger partial charge in [0.15, 0.2) is 0 Å². The third-order valence-corrected chi connectivity index (χ3v) is 4.26. The summed E-state index contributed by atoms with van der Waals surface area (Å²) in [6.45, 7) is 0. The average molecular weight is 370 g/mol. The molecule has 2 rings (SSSR count). The van der Waals surface area contributed by atoms with Crippen LogP contribution in [0.5, 0.6) is 5.75 Å². The van der Waals surface area contributed by atoms with E-state index in [1.165, 1.54) is 11.1 Å². The van der Waals surface area contributed by atoms with Gasteiger partial charge in [-0.2, -0.15) is 0 Å². The summed E-state index contributed by atoms with van der Waals surface area (Å²) in [6.07, 6.45) is 0.965. The number of phenols is 1. The van der Waals surface area contributed by atoms with Crippen LogP contribution in [0.1, 0.15) is 17.0 Å². The van der Waals surface area contributed by atoms with Gasteiger partial charge in [-0.25, -0.2) is 0 Å². The van der Waals surface area contributed by atoms with Gasteiger partial charge in [0.25, 0.3) is 0 Å². The number of benzene rings is 2. The fourth-order valence-corrected chi connectivity index (χ4v) is 2.78. The molecule has 0 saturated heterocycles. The molecule has 18 heavy (non-hydrogen) atoms. The minimum absolute atomic E-state index is 0.317. The zero-order valence-electron chi connectivity index (χ0n) is 9.81. The smallest absolute Gasteiger partial charge is 0.115 e. The van der Waals surface area contributed by atoms with Crippen LogP contribution in [0.15, 0.2) is 53.0 Å². The molecule has 3 heteroatoms. The standard InChI is InChI=1S/C15H14Br2O/c16-10-13(12-3-5-14(17)6-4-12)9-11-1-7-15(18)8-2-11/h1-8,13,18H,9-10H2. The van der Waals surface area contributed by atoms with E-state index in [-0.39, 0.29) is 0 Å². The lowest BCUT2D eigenvalue weighted by atomic mass is 9.94. The number of phenolic OH excluding ortho intramolecular Hbond substituents is 1. The lowest BCUT2D eigenvalue weighted by molar-refractivity contribution is 0.475. The molecule has 0 aliphatic carbocycles. The van der Waals surface area contributed by atoms with Crippen molar-refractivity contribution >= 4 is 31.9 Å². The van der Waals surface area contributed by atoms with Crippen molar-refractivity contribution in [1.29, 1.82) is 0 Å². The number of aromatic hydroxyl groups is 1. The number of rotatable bonds is 4. The lowest BCUT2D eigenvalue weighted by Gasteiger charge is -2.15. The first-order chi connectivity index (χ1) is 8.69. The van der Waals surface area contributed by atoms with Crippen molar-refractivity contribution in [2.45, 2.75) is 12.3 Å². The summed E-state index contributed by atoms with van der Waals surface area (Å²) < 4.78 is 1.10. The first-order valence-electron chi connectivity index (χ1n) is 5.78. The molecule has 0 aromatic heterocycles. The van der Waals surface area contributed by atoms with Crippen LogP contribution in [-0.4, -0.2) is 10.4 Å². The molecule has 0 amide bonds. The molecule has 1 nitrogen and oxygen atoms in total. The van der Waals surface area contributed by atoms with Gasteiger partial charge >= 0.3 is 0 Å². The molecule has 0 aliphatic heterocycles. The monoisotopic (exact) mass is 368 g/mol. The van der Waals surface area contributed by atoms with Crippen LogP contribution in [0, 0.1) is 0 Å². The van der Waals surface area contributed by atoms with Crippen molar-refractivity contribution in [2.75, 3.05) is 5.33 Å². The van der Waals surface area contributed by atoms with E-state index in [9.17, 15) is 5.11 Å². The van der Waals surface area contributed by atoms with Crippen molar-refractivity contribution < 1.29 is 5.11 Å². The fraction of sp³-hybridized carbons (Fsp3) is 0.200. The summed E-state index contributed by atoms with van der Waals surface area (Å²) in [6, 6.07) is 15.9. The summed E-state index contributed by atoms with van der Waals surface area (Å²) in [5.41, 5.74) is 2.56. The molecule has 1 atom stereocenters. The molecule has 94 valence electrons. The molecule has 0 fully saturated rings. The Labute approximate surface area is 124 Å². The zero-order chi connectivity index (χ0) is 13.0. The summed E-state index contributed by atoms with van der Waals surface area (Å²) in [5.74, 6) is 0.764. The molecule has 0 aliphatic rings. The molecule has 1 N–H and O–H groups in total. The van der Waals surface area contributed by atoms with E-state index >= 15 is 0 Å². The maximum absolute atomic E-state index is 9.28. The topological polar surface area (TPSA) is 20.2 Å². The Morgan fingerprint density at radius 3 is 2.11 bits per heavy atom. The van der Waals surface area contributed by atoms with E-state index < -0.39 is 0 Å². The predicted molar refractivity (Wildman–Crippen MR) is 82.5 cm³/mol. The first-order valence-corrected chi connectivity index (χ1v) is 7.70. The Bertz CT molecular complexity index is 491. The number of alkyl halides is 1. The largest absolute Gasteiger partial charge is 0.508 e. The highest BCUT2D eigenvalue weighted by Crippen LogP contribution is 2.25. The molecule has 0 bridgehead atoms. The predicted octanol–water partition coefficient (Wildman–Crippen LogP) is 4.88. The second-order valence-electron chi connectivity index (χ2n) is 4.27. The van der Waals surface area contributed by atoms with Crippen LogP contribution >= 0.6 is 31.9 Å². The highest BCUT2D eigenvalue weighted by atomic mass is 79.9. The Kier molecular flexibility index (Phi) is 4.84.